The maximum atomic E-state index is 2.24. The highest BCUT2D eigenvalue weighted by Crippen LogP contribution is 1.98. The fourth-order valence-corrected chi connectivity index (χ4v) is 14.7. The summed E-state index contributed by atoms with van der Waals surface area (Å²) >= 11 is 0. The number of hydrogen-bond acceptors (Lipinski definition) is 0. The minimum atomic E-state index is -0.877. The lowest BCUT2D eigenvalue weighted by atomic mass is 10.3. The third kappa shape index (κ3) is 11.6. The van der Waals surface area contributed by atoms with Crippen LogP contribution in [0.1, 0.15) is 0 Å². The topological polar surface area (TPSA) is 0 Å². The largest absolute Gasteiger partial charge is 0.154 e. The molecule has 4 heteroatoms. The third-order valence-electron chi connectivity index (χ3n) is 9.56. The Morgan fingerprint density at radius 3 is 0.310 bits per heavy atom. The molecule has 0 spiro atoms. The van der Waals surface area contributed by atoms with Crippen LogP contribution < -0.4 is 46.7 Å². The monoisotopic (exact) mass is 811 g/mol. The zero-order valence-corrected chi connectivity index (χ0v) is 37.1. The number of rotatable bonds is 9. The molecule has 281 valence electrons. The van der Waals surface area contributed by atoms with E-state index in [0.29, 0.717) is 0 Å². The zero-order valence-electron chi connectivity index (χ0n) is 32.7. The summed E-state index contributed by atoms with van der Waals surface area (Å²) in [4.78, 5) is 0. The van der Waals surface area contributed by atoms with Gasteiger partial charge in [-0.2, -0.15) is 9.90 Å². The summed E-state index contributed by atoms with van der Waals surface area (Å²) in [6, 6.07) is 97.5. The van der Waals surface area contributed by atoms with Crippen molar-refractivity contribution in [1.29, 1.82) is 0 Å². The summed E-state index contributed by atoms with van der Waals surface area (Å²) in [5, 5.41) is 12.9. The minimum absolute atomic E-state index is 0. The molecule has 0 saturated heterocycles. The fraction of sp³-hybridized carbons (Fsp3) is 0. The lowest BCUT2D eigenvalue weighted by Crippen LogP contribution is -2.51. The fourth-order valence-electron chi connectivity index (χ4n) is 6.94. The molecule has 58 heavy (non-hydrogen) atoms. The van der Waals surface area contributed by atoms with Crippen molar-refractivity contribution < 1.29 is 0 Å². The van der Waals surface area contributed by atoms with Crippen molar-refractivity contribution in [3.05, 3.63) is 273 Å². The second kappa shape index (κ2) is 22.7. The summed E-state index contributed by atoms with van der Waals surface area (Å²) in [6.45, 7) is 0. The van der Waals surface area contributed by atoms with Gasteiger partial charge in [0.25, 0.3) is 0 Å². The van der Waals surface area contributed by atoms with Crippen LogP contribution in [-0.2, 0) is 0 Å². The van der Waals surface area contributed by atoms with Gasteiger partial charge in [-0.05, 0) is 0 Å². The first-order chi connectivity index (χ1) is 28.3. The van der Waals surface area contributed by atoms with Crippen LogP contribution in [0.3, 0.4) is 0 Å². The Labute approximate surface area is 354 Å². The predicted octanol–water partition coefficient (Wildman–Crippen LogP) is 6.67. The van der Waals surface area contributed by atoms with Crippen molar-refractivity contribution in [2.45, 2.75) is 0 Å². The highest BCUT2D eigenvalue weighted by molar-refractivity contribution is 6.96. The van der Waals surface area contributed by atoms with Gasteiger partial charge in [0.15, 0.2) is 26.4 Å². The molecular formula is C54H48PSi3. The molecule has 3 radical (unpaired) electrons. The summed E-state index contributed by atoms with van der Waals surface area (Å²) in [6.07, 6.45) is 0. The van der Waals surface area contributed by atoms with Gasteiger partial charge in [-0.25, -0.2) is 0 Å². The van der Waals surface area contributed by atoms with Gasteiger partial charge in [-0.3, -0.25) is 0 Å². The molecule has 0 aliphatic carbocycles. The Morgan fingerprint density at radius 1 is 0.138 bits per heavy atom. The Bertz CT molecular complexity index is 1860. The molecule has 0 amide bonds. The molecule has 0 saturated carbocycles. The molecule has 0 aliphatic heterocycles. The number of benzene rings is 9. The van der Waals surface area contributed by atoms with Gasteiger partial charge in [0, 0.05) is 0 Å². The van der Waals surface area contributed by atoms with Gasteiger partial charge in [0.1, 0.15) is 0 Å². The van der Waals surface area contributed by atoms with Crippen molar-refractivity contribution in [1.82, 2.24) is 0 Å². The van der Waals surface area contributed by atoms with Crippen LogP contribution in [0.5, 0.6) is 0 Å². The van der Waals surface area contributed by atoms with Crippen molar-refractivity contribution >= 4 is 83.0 Å². The SMILES string of the molecule is P.c1ccc([Si](c2ccccc2)c2ccccc2)cc1.c1ccc([Si](c2ccccc2)c2ccccc2)cc1.c1ccc([Si](c2ccccc2)c2ccccc2)cc1. The highest BCUT2D eigenvalue weighted by Gasteiger charge is 2.20. The average Bonchev–Trinajstić information content (AvgIpc) is 3.30. The standard InChI is InChI=1S/3C18H15Si.H3P/c3*1-4-10-16(11-5-1)19(17-12-6-2-7-13-17)18-14-8-3-9-15-18;/h3*1-15H;1H3. The summed E-state index contributed by atoms with van der Waals surface area (Å²) < 4.78 is 0. The second-order valence-corrected chi connectivity index (χ2v) is 20.9. The summed E-state index contributed by atoms with van der Waals surface area (Å²) in [7, 11) is -2.63. The molecule has 0 bridgehead atoms. The third-order valence-corrected chi connectivity index (χ3v) is 17.8. The quantitative estimate of drug-likeness (QED) is 0.0870. The Hall–Kier alpha value is -5.94. The van der Waals surface area contributed by atoms with Crippen molar-refractivity contribution in [3.8, 4) is 0 Å². The van der Waals surface area contributed by atoms with Gasteiger partial charge in [0.2, 0.25) is 0 Å². The lowest BCUT2D eigenvalue weighted by Gasteiger charge is -2.16. The van der Waals surface area contributed by atoms with E-state index in [0.717, 1.165) is 0 Å². The molecule has 0 fully saturated rings. The van der Waals surface area contributed by atoms with Crippen LogP contribution in [0.2, 0.25) is 0 Å². The molecule has 9 aromatic rings. The summed E-state index contributed by atoms with van der Waals surface area (Å²) in [5.41, 5.74) is 0. The normalized spacial score (nSPS) is 10.4. The molecule has 0 N–H and O–H groups in total. The van der Waals surface area contributed by atoms with Gasteiger partial charge >= 0.3 is 0 Å². The van der Waals surface area contributed by atoms with Crippen LogP contribution in [-0.4, -0.2) is 26.4 Å². The first-order valence-electron chi connectivity index (χ1n) is 19.4. The molecule has 0 aromatic heterocycles. The van der Waals surface area contributed by atoms with Crippen molar-refractivity contribution in [2.75, 3.05) is 0 Å². The van der Waals surface area contributed by atoms with Crippen LogP contribution in [0.15, 0.2) is 273 Å². The van der Waals surface area contributed by atoms with Gasteiger partial charge in [0.05, 0.1) is 0 Å². The van der Waals surface area contributed by atoms with Crippen LogP contribution >= 0.6 is 9.90 Å². The molecule has 1 unspecified atom stereocenters. The maximum Gasteiger partial charge on any atom is 0.154 e. The van der Waals surface area contributed by atoms with Crippen LogP contribution in [0.4, 0.5) is 0 Å². The van der Waals surface area contributed by atoms with Crippen LogP contribution in [0.25, 0.3) is 0 Å². The van der Waals surface area contributed by atoms with E-state index in [1.807, 2.05) is 0 Å². The molecule has 0 heterocycles. The molecule has 9 rings (SSSR count). The molecule has 0 nitrogen and oxygen atoms in total. The highest BCUT2D eigenvalue weighted by atomic mass is 31.0. The maximum absolute atomic E-state index is 2.24. The van der Waals surface area contributed by atoms with E-state index in [9.17, 15) is 0 Å². The van der Waals surface area contributed by atoms with Gasteiger partial charge in [-0.1, -0.05) is 320 Å². The predicted molar refractivity (Wildman–Crippen MR) is 263 cm³/mol. The Balaban J connectivity index is 0.000000145. The summed E-state index contributed by atoms with van der Waals surface area (Å²) in [5.74, 6) is 0. The minimum Gasteiger partial charge on any atom is -0.153 e. The molecule has 1 atom stereocenters. The Kier molecular flexibility index (Phi) is 16.3. The van der Waals surface area contributed by atoms with E-state index >= 15 is 0 Å². The number of hydrogen-bond donors (Lipinski definition) is 0. The van der Waals surface area contributed by atoms with E-state index in [1.165, 1.54) is 46.7 Å². The second-order valence-electron chi connectivity index (χ2n) is 13.4. The molecular weight excluding hydrogens is 764 g/mol. The molecule has 9 aromatic carbocycles. The lowest BCUT2D eigenvalue weighted by molar-refractivity contribution is 1.71. The van der Waals surface area contributed by atoms with Crippen molar-refractivity contribution in [2.24, 2.45) is 0 Å². The van der Waals surface area contributed by atoms with E-state index < -0.39 is 26.4 Å². The van der Waals surface area contributed by atoms with Gasteiger partial charge in [-0.15, -0.1) is 0 Å². The smallest absolute Gasteiger partial charge is 0.153 e. The Morgan fingerprint density at radius 2 is 0.224 bits per heavy atom. The van der Waals surface area contributed by atoms with Crippen molar-refractivity contribution in [3.63, 3.8) is 0 Å². The van der Waals surface area contributed by atoms with Gasteiger partial charge < -0.3 is 0 Å². The van der Waals surface area contributed by atoms with E-state index in [-0.39, 0.29) is 9.90 Å². The molecule has 0 aliphatic rings. The van der Waals surface area contributed by atoms with E-state index in [4.69, 9.17) is 0 Å². The first kappa shape index (κ1) is 41.7. The average molecular weight is 812 g/mol. The van der Waals surface area contributed by atoms with Crippen LogP contribution in [0, 0.1) is 0 Å². The first-order valence-corrected chi connectivity index (χ1v) is 23.9. The van der Waals surface area contributed by atoms with E-state index in [1.54, 1.807) is 0 Å². The zero-order chi connectivity index (χ0) is 38.7. The van der Waals surface area contributed by atoms with E-state index in [2.05, 4.69) is 273 Å².